The maximum atomic E-state index is 3.97. The van der Waals surface area contributed by atoms with Crippen molar-refractivity contribution in [1.82, 2.24) is 0 Å². The lowest BCUT2D eigenvalue weighted by Crippen LogP contribution is -2.16. The molecule has 0 fully saturated rings. The molecule has 2 aromatic carbocycles. The maximum Gasteiger partial charge on any atom is 0.0582 e. The third-order valence-electron chi connectivity index (χ3n) is 3.31. The second kappa shape index (κ2) is 4.69. The molecule has 0 spiro atoms. The van der Waals surface area contributed by atoms with Crippen LogP contribution >= 0.6 is 11.8 Å². The molecule has 2 heteroatoms. The highest BCUT2D eigenvalue weighted by molar-refractivity contribution is 7.99. The Balaban J connectivity index is 2.13. The van der Waals surface area contributed by atoms with Crippen molar-refractivity contribution in [1.29, 1.82) is 0 Å². The molecule has 0 saturated heterocycles. The number of nitrogens with zero attached hydrogens (tertiary/aromatic N) is 1. The van der Waals surface area contributed by atoms with E-state index in [9.17, 15) is 0 Å². The normalized spacial score (nSPS) is 13.1. The van der Waals surface area contributed by atoms with E-state index in [0.717, 1.165) is 12.8 Å². The molecule has 0 amide bonds. The Bertz CT molecular complexity index is 577. The lowest BCUT2D eigenvalue weighted by atomic mass is 10.1. The minimum Gasteiger partial charge on any atom is -0.343 e. The number of benzene rings is 2. The molecule has 0 unspecified atom stereocenters. The fourth-order valence-electron chi connectivity index (χ4n) is 2.48. The molecular formula is C16H16NS. The monoisotopic (exact) mass is 254 g/mol. The Hall–Kier alpha value is -1.41. The predicted molar refractivity (Wildman–Crippen MR) is 78.7 cm³/mol. The molecule has 0 saturated carbocycles. The number of rotatable bonds is 2. The van der Waals surface area contributed by atoms with Crippen LogP contribution in [-0.2, 0) is 6.42 Å². The van der Waals surface area contributed by atoms with Crippen LogP contribution in [0.2, 0.25) is 0 Å². The Morgan fingerprint density at radius 2 is 1.83 bits per heavy atom. The highest BCUT2D eigenvalue weighted by atomic mass is 32.2. The largest absolute Gasteiger partial charge is 0.343 e. The van der Waals surface area contributed by atoms with Crippen molar-refractivity contribution in [2.24, 2.45) is 0 Å². The van der Waals surface area contributed by atoms with E-state index in [0.29, 0.717) is 0 Å². The van der Waals surface area contributed by atoms with Crippen molar-refractivity contribution in [3.05, 3.63) is 55.0 Å². The highest BCUT2D eigenvalue weighted by Crippen LogP contribution is 2.48. The van der Waals surface area contributed by atoms with E-state index in [-0.39, 0.29) is 0 Å². The Kier molecular flexibility index (Phi) is 3.04. The van der Waals surface area contributed by atoms with Crippen molar-refractivity contribution >= 4 is 23.1 Å². The van der Waals surface area contributed by atoms with E-state index in [1.165, 1.54) is 26.7 Å². The summed E-state index contributed by atoms with van der Waals surface area (Å²) >= 11 is 1.86. The van der Waals surface area contributed by atoms with E-state index in [4.69, 9.17) is 0 Å². The number of hydrogen-bond acceptors (Lipinski definition) is 2. The van der Waals surface area contributed by atoms with Crippen LogP contribution < -0.4 is 4.90 Å². The average Bonchev–Trinajstić information content (AvgIpc) is 2.39. The van der Waals surface area contributed by atoms with Gasteiger partial charge in [0.2, 0.25) is 0 Å². The molecule has 1 radical (unpaired) electrons. The summed E-state index contributed by atoms with van der Waals surface area (Å²) in [5.74, 6) is 0. The van der Waals surface area contributed by atoms with Crippen LogP contribution in [0, 0.1) is 6.92 Å². The van der Waals surface area contributed by atoms with Gasteiger partial charge in [-0.1, -0.05) is 43.0 Å². The third kappa shape index (κ3) is 1.81. The molecule has 1 aliphatic heterocycles. The molecule has 1 nitrogen and oxygen atoms in total. The van der Waals surface area contributed by atoms with Crippen molar-refractivity contribution in [2.45, 2.75) is 22.6 Å². The summed E-state index contributed by atoms with van der Waals surface area (Å²) in [6.45, 7) is 3.97. The zero-order chi connectivity index (χ0) is 12.5. The quantitative estimate of drug-likeness (QED) is 0.765. The van der Waals surface area contributed by atoms with E-state index >= 15 is 0 Å². The first kappa shape index (κ1) is 11.7. The maximum absolute atomic E-state index is 3.97. The van der Waals surface area contributed by atoms with E-state index in [2.05, 4.69) is 61.3 Å². The lowest BCUT2D eigenvalue weighted by Gasteiger charge is -2.31. The van der Waals surface area contributed by atoms with Crippen molar-refractivity contribution < 1.29 is 0 Å². The van der Waals surface area contributed by atoms with Gasteiger partial charge in [-0.3, -0.25) is 0 Å². The van der Waals surface area contributed by atoms with Gasteiger partial charge in [-0.25, -0.2) is 0 Å². The smallest absolute Gasteiger partial charge is 0.0582 e. The molecule has 91 valence electrons. The zero-order valence-corrected chi connectivity index (χ0v) is 11.3. The summed E-state index contributed by atoms with van der Waals surface area (Å²) in [7, 11) is 2.16. The fourth-order valence-corrected chi connectivity index (χ4v) is 3.69. The van der Waals surface area contributed by atoms with Gasteiger partial charge in [-0.05, 0) is 36.6 Å². The van der Waals surface area contributed by atoms with Gasteiger partial charge in [0.05, 0.1) is 11.4 Å². The van der Waals surface area contributed by atoms with Gasteiger partial charge in [0.15, 0.2) is 0 Å². The molecule has 0 atom stereocenters. The van der Waals surface area contributed by atoms with Gasteiger partial charge in [0.1, 0.15) is 0 Å². The summed E-state index contributed by atoms with van der Waals surface area (Å²) in [6.07, 6.45) is 1.98. The Morgan fingerprint density at radius 1 is 1.06 bits per heavy atom. The van der Waals surface area contributed by atoms with Gasteiger partial charge in [-0.2, -0.15) is 0 Å². The number of para-hydroxylation sites is 2. The second-order valence-electron chi connectivity index (χ2n) is 4.50. The van der Waals surface area contributed by atoms with E-state index < -0.39 is 0 Å². The van der Waals surface area contributed by atoms with Crippen LogP contribution in [-0.4, -0.2) is 7.05 Å². The molecule has 0 N–H and O–H groups in total. The Labute approximate surface area is 113 Å². The molecular weight excluding hydrogens is 238 g/mol. The molecule has 3 rings (SSSR count). The third-order valence-corrected chi connectivity index (χ3v) is 4.43. The van der Waals surface area contributed by atoms with E-state index in [1.54, 1.807) is 0 Å². The van der Waals surface area contributed by atoms with Gasteiger partial charge >= 0.3 is 0 Å². The Morgan fingerprint density at radius 3 is 2.67 bits per heavy atom. The van der Waals surface area contributed by atoms with Crippen LogP contribution in [0.4, 0.5) is 11.4 Å². The SMILES string of the molecule is [CH2]CCc1cccc2c1N(C)c1ccccc1S2. The number of anilines is 2. The predicted octanol–water partition coefficient (Wildman–Crippen LogP) is 4.69. The molecule has 18 heavy (non-hydrogen) atoms. The number of aryl methyl sites for hydroxylation is 1. The highest BCUT2D eigenvalue weighted by Gasteiger charge is 2.22. The lowest BCUT2D eigenvalue weighted by molar-refractivity contribution is 0.970. The standard InChI is InChI=1S/C16H16NS/c1-3-7-12-8-6-11-15-16(12)17(2)13-9-4-5-10-14(13)18-15/h4-6,8-11H,1,3,7H2,2H3. The molecule has 0 aromatic heterocycles. The van der Waals surface area contributed by atoms with Crippen LogP contribution in [0.5, 0.6) is 0 Å². The fraction of sp³-hybridized carbons (Fsp3) is 0.188. The summed E-state index contributed by atoms with van der Waals surface area (Å²) < 4.78 is 0. The summed E-state index contributed by atoms with van der Waals surface area (Å²) in [5.41, 5.74) is 4.04. The molecule has 1 heterocycles. The summed E-state index contributed by atoms with van der Waals surface area (Å²) in [5, 5.41) is 0. The van der Waals surface area contributed by atoms with Gasteiger partial charge in [0, 0.05) is 16.8 Å². The minimum absolute atomic E-state index is 0.941. The topological polar surface area (TPSA) is 3.24 Å². The zero-order valence-electron chi connectivity index (χ0n) is 10.5. The van der Waals surface area contributed by atoms with E-state index in [1.807, 2.05) is 11.8 Å². The van der Waals surface area contributed by atoms with Gasteiger partial charge < -0.3 is 4.90 Å². The van der Waals surface area contributed by atoms with Crippen molar-refractivity contribution in [3.8, 4) is 0 Å². The minimum atomic E-state index is 0.941. The summed E-state index contributed by atoms with van der Waals surface area (Å²) in [6, 6.07) is 15.2. The summed E-state index contributed by atoms with van der Waals surface area (Å²) in [4.78, 5) is 4.99. The van der Waals surface area contributed by atoms with Crippen molar-refractivity contribution in [2.75, 3.05) is 11.9 Å². The van der Waals surface area contributed by atoms with Crippen LogP contribution in [0.1, 0.15) is 12.0 Å². The molecule has 1 aliphatic rings. The first-order valence-electron chi connectivity index (χ1n) is 6.23. The molecule has 0 aliphatic carbocycles. The van der Waals surface area contributed by atoms with Gasteiger partial charge in [0.25, 0.3) is 0 Å². The molecule has 2 aromatic rings. The second-order valence-corrected chi connectivity index (χ2v) is 5.58. The average molecular weight is 254 g/mol. The molecule has 0 bridgehead atoms. The van der Waals surface area contributed by atoms with Gasteiger partial charge in [-0.15, -0.1) is 0 Å². The van der Waals surface area contributed by atoms with Crippen LogP contribution in [0.3, 0.4) is 0 Å². The first-order valence-corrected chi connectivity index (χ1v) is 7.04. The number of fused-ring (bicyclic) bond motifs is 2. The van der Waals surface area contributed by atoms with Crippen LogP contribution in [0.25, 0.3) is 0 Å². The van der Waals surface area contributed by atoms with Crippen LogP contribution in [0.15, 0.2) is 52.3 Å². The van der Waals surface area contributed by atoms with Crippen molar-refractivity contribution in [3.63, 3.8) is 0 Å². The first-order chi connectivity index (χ1) is 8.81. The number of hydrogen-bond donors (Lipinski definition) is 0.